The second-order valence-electron chi connectivity index (χ2n) is 6.29. The van der Waals surface area contributed by atoms with E-state index >= 15 is 0 Å². The van der Waals surface area contributed by atoms with Crippen LogP contribution in [0.15, 0.2) is 47.4 Å². The van der Waals surface area contributed by atoms with Gasteiger partial charge in [0.25, 0.3) is 0 Å². The molecule has 0 bridgehead atoms. The molecule has 2 aromatic heterocycles. The Morgan fingerprint density at radius 3 is 2.66 bits per heavy atom. The van der Waals surface area contributed by atoms with E-state index in [9.17, 15) is 14.4 Å². The van der Waals surface area contributed by atoms with Crippen LogP contribution in [-0.4, -0.2) is 35.1 Å². The summed E-state index contributed by atoms with van der Waals surface area (Å²) >= 11 is 0. The highest BCUT2D eigenvalue weighted by atomic mass is 16.5. The molecule has 3 aromatic rings. The number of carbonyl (C=O) groups is 2. The third kappa shape index (κ3) is 4.26. The smallest absolute Gasteiger partial charge is 0.343 e. The molecule has 8 nitrogen and oxygen atoms in total. The van der Waals surface area contributed by atoms with Crippen molar-refractivity contribution in [3.8, 4) is 5.75 Å². The van der Waals surface area contributed by atoms with Crippen LogP contribution in [-0.2, 0) is 16.1 Å². The molecular formula is C21H21N3O5. The number of esters is 1. The van der Waals surface area contributed by atoms with Gasteiger partial charge in [0, 0.05) is 11.9 Å². The average molecular weight is 395 g/mol. The van der Waals surface area contributed by atoms with Gasteiger partial charge in [-0.25, -0.2) is 9.78 Å². The minimum Gasteiger partial charge on any atom is -0.495 e. The largest absolute Gasteiger partial charge is 0.495 e. The van der Waals surface area contributed by atoms with Gasteiger partial charge in [-0.05, 0) is 38.1 Å². The monoisotopic (exact) mass is 395 g/mol. The van der Waals surface area contributed by atoms with Gasteiger partial charge in [0.15, 0.2) is 0 Å². The number of hydrogen-bond donors (Lipinski definition) is 1. The molecule has 0 saturated heterocycles. The number of rotatable bonds is 6. The van der Waals surface area contributed by atoms with Crippen molar-refractivity contribution in [2.24, 2.45) is 0 Å². The van der Waals surface area contributed by atoms with Gasteiger partial charge in [-0.3, -0.25) is 9.59 Å². The number of benzene rings is 1. The molecule has 0 aliphatic rings. The summed E-state index contributed by atoms with van der Waals surface area (Å²) in [5.74, 6) is -0.580. The molecule has 2 heterocycles. The number of hydrogen-bond acceptors (Lipinski definition) is 6. The van der Waals surface area contributed by atoms with Crippen molar-refractivity contribution in [2.75, 3.05) is 19.0 Å². The third-order valence-electron chi connectivity index (χ3n) is 4.25. The van der Waals surface area contributed by atoms with Crippen LogP contribution in [0.3, 0.4) is 0 Å². The molecule has 29 heavy (non-hydrogen) atoms. The predicted molar refractivity (Wildman–Crippen MR) is 108 cm³/mol. The molecule has 1 amide bonds. The summed E-state index contributed by atoms with van der Waals surface area (Å²) in [7, 11) is 1.51. The molecule has 0 aliphatic carbocycles. The lowest BCUT2D eigenvalue weighted by molar-refractivity contribution is -0.116. The summed E-state index contributed by atoms with van der Waals surface area (Å²) in [6, 6.07) is 10.3. The van der Waals surface area contributed by atoms with E-state index in [0.29, 0.717) is 22.8 Å². The molecule has 0 aliphatic heterocycles. The van der Waals surface area contributed by atoms with Gasteiger partial charge in [0.2, 0.25) is 11.3 Å². The Labute approximate surface area is 167 Å². The number of nitrogens with one attached hydrogen (secondary N) is 1. The highest BCUT2D eigenvalue weighted by Gasteiger charge is 2.19. The van der Waals surface area contributed by atoms with E-state index < -0.39 is 11.4 Å². The van der Waals surface area contributed by atoms with Gasteiger partial charge in [-0.2, -0.15) is 0 Å². The van der Waals surface area contributed by atoms with Crippen molar-refractivity contribution in [1.82, 2.24) is 9.55 Å². The van der Waals surface area contributed by atoms with Crippen LogP contribution in [0.1, 0.15) is 23.0 Å². The number of nitrogens with zero attached hydrogens (tertiary/aromatic N) is 2. The molecule has 1 aromatic carbocycles. The van der Waals surface area contributed by atoms with E-state index in [1.165, 1.54) is 17.9 Å². The molecule has 0 unspecified atom stereocenters. The Morgan fingerprint density at radius 2 is 1.93 bits per heavy atom. The van der Waals surface area contributed by atoms with Crippen molar-refractivity contribution in [3.63, 3.8) is 0 Å². The lowest BCUT2D eigenvalue weighted by atomic mass is 10.2. The molecular weight excluding hydrogens is 374 g/mol. The Balaban J connectivity index is 2.02. The fourth-order valence-electron chi connectivity index (χ4n) is 2.93. The molecule has 0 spiro atoms. The maximum atomic E-state index is 12.7. The summed E-state index contributed by atoms with van der Waals surface area (Å²) in [5, 5.41) is 3.01. The van der Waals surface area contributed by atoms with Crippen molar-refractivity contribution < 1.29 is 19.1 Å². The highest BCUT2D eigenvalue weighted by Crippen LogP contribution is 2.23. The van der Waals surface area contributed by atoms with Crippen LogP contribution in [0.4, 0.5) is 5.69 Å². The average Bonchev–Trinajstić information content (AvgIpc) is 2.70. The van der Waals surface area contributed by atoms with E-state index in [1.807, 2.05) is 0 Å². The van der Waals surface area contributed by atoms with Crippen LogP contribution in [0, 0.1) is 6.92 Å². The zero-order chi connectivity index (χ0) is 21.0. The van der Waals surface area contributed by atoms with E-state index in [-0.39, 0.29) is 30.0 Å². The normalized spacial score (nSPS) is 10.6. The van der Waals surface area contributed by atoms with Crippen molar-refractivity contribution in [1.29, 1.82) is 0 Å². The maximum Gasteiger partial charge on any atom is 0.343 e. The standard InChI is InChI=1S/C21H21N3O5/c1-4-29-21(27)15-11-24(20-14(19(15)26)10-9-13(2)22-20)12-18(25)23-16-7-5-6-8-17(16)28-3/h5-11H,4,12H2,1-3H3,(H,23,25). The van der Waals surface area contributed by atoms with Crippen LogP contribution in [0.5, 0.6) is 5.75 Å². The number of carbonyl (C=O) groups excluding carboxylic acids is 2. The van der Waals surface area contributed by atoms with Gasteiger partial charge in [0.1, 0.15) is 23.5 Å². The van der Waals surface area contributed by atoms with Gasteiger partial charge in [0.05, 0.1) is 24.8 Å². The van der Waals surface area contributed by atoms with Gasteiger partial charge in [-0.1, -0.05) is 12.1 Å². The zero-order valence-corrected chi connectivity index (χ0v) is 16.4. The molecule has 0 saturated carbocycles. The molecule has 1 N–H and O–H groups in total. The second kappa shape index (κ2) is 8.55. The van der Waals surface area contributed by atoms with E-state index in [1.54, 1.807) is 50.2 Å². The summed E-state index contributed by atoms with van der Waals surface area (Å²) < 4.78 is 11.7. The Hall–Kier alpha value is -3.68. The molecule has 0 atom stereocenters. The first-order valence-corrected chi connectivity index (χ1v) is 9.05. The minimum absolute atomic E-state index is 0.136. The SMILES string of the molecule is CCOC(=O)c1cn(CC(=O)Nc2ccccc2OC)c2nc(C)ccc2c1=O. The molecule has 150 valence electrons. The highest BCUT2D eigenvalue weighted by molar-refractivity contribution is 5.95. The maximum absolute atomic E-state index is 12.7. The third-order valence-corrected chi connectivity index (χ3v) is 4.25. The van der Waals surface area contributed by atoms with Crippen LogP contribution in [0.25, 0.3) is 11.0 Å². The Kier molecular flexibility index (Phi) is 5.92. The van der Waals surface area contributed by atoms with Crippen molar-refractivity contribution >= 4 is 28.6 Å². The van der Waals surface area contributed by atoms with E-state index in [0.717, 1.165) is 0 Å². The Bertz CT molecular complexity index is 1140. The topological polar surface area (TPSA) is 99.5 Å². The van der Waals surface area contributed by atoms with Gasteiger partial charge >= 0.3 is 5.97 Å². The first-order chi connectivity index (χ1) is 13.9. The number of amides is 1. The first-order valence-electron chi connectivity index (χ1n) is 9.05. The molecule has 0 radical (unpaired) electrons. The lowest BCUT2D eigenvalue weighted by Crippen LogP contribution is -2.25. The number of pyridine rings is 2. The first kappa shape index (κ1) is 20.1. The number of fused-ring (bicyclic) bond motifs is 1. The minimum atomic E-state index is -0.737. The number of para-hydroxylation sites is 2. The second-order valence-corrected chi connectivity index (χ2v) is 6.29. The predicted octanol–water partition coefficient (Wildman–Crippen LogP) is 2.53. The summed E-state index contributed by atoms with van der Waals surface area (Å²) in [6.07, 6.45) is 1.32. The number of methoxy groups -OCH3 is 1. The van der Waals surface area contributed by atoms with Crippen LogP contribution in [0.2, 0.25) is 0 Å². The van der Waals surface area contributed by atoms with E-state index in [2.05, 4.69) is 10.3 Å². The lowest BCUT2D eigenvalue weighted by Gasteiger charge is -2.14. The summed E-state index contributed by atoms with van der Waals surface area (Å²) in [5.41, 5.74) is 0.889. The fraction of sp³-hybridized carbons (Fsp3) is 0.238. The molecule has 8 heteroatoms. The zero-order valence-electron chi connectivity index (χ0n) is 16.4. The van der Waals surface area contributed by atoms with Crippen LogP contribution < -0.4 is 15.5 Å². The molecule has 0 fully saturated rings. The quantitative estimate of drug-likeness (QED) is 0.644. The summed E-state index contributed by atoms with van der Waals surface area (Å²) in [4.78, 5) is 42.0. The van der Waals surface area contributed by atoms with Crippen molar-refractivity contribution in [2.45, 2.75) is 20.4 Å². The Morgan fingerprint density at radius 1 is 1.17 bits per heavy atom. The number of aryl methyl sites for hydroxylation is 1. The van der Waals surface area contributed by atoms with Gasteiger partial charge in [-0.15, -0.1) is 0 Å². The molecule has 3 rings (SSSR count). The van der Waals surface area contributed by atoms with Gasteiger partial charge < -0.3 is 19.4 Å². The summed E-state index contributed by atoms with van der Waals surface area (Å²) in [6.45, 7) is 3.42. The van der Waals surface area contributed by atoms with E-state index in [4.69, 9.17) is 9.47 Å². The number of ether oxygens (including phenoxy) is 2. The van der Waals surface area contributed by atoms with Crippen LogP contribution >= 0.6 is 0 Å². The fourth-order valence-corrected chi connectivity index (χ4v) is 2.93. The number of anilines is 1. The number of aromatic nitrogens is 2. The van der Waals surface area contributed by atoms with Crippen molar-refractivity contribution in [3.05, 3.63) is 64.1 Å².